The van der Waals surface area contributed by atoms with Gasteiger partial charge in [-0.25, -0.2) is 4.98 Å². The quantitative estimate of drug-likeness (QED) is 0.625. The van der Waals surface area contributed by atoms with Gasteiger partial charge in [-0.3, -0.25) is 0 Å². The summed E-state index contributed by atoms with van der Waals surface area (Å²) in [5.41, 5.74) is 4.04. The van der Waals surface area contributed by atoms with Gasteiger partial charge in [0, 0.05) is 37.5 Å². The summed E-state index contributed by atoms with van der Waals surface area (Å²) in [7, 11) is 1.75. The fraction of sp³-hybridized carbons (Fsp3) is 0.423. The van der Waals surface area contributed by atoms with E-state index in [1.54, 1.807) is 7.11 Å². The number of anilines is 1. The third kappa shape index (κ3) is 3.54. The molecule has 5 rings (SSSR count). The molecule has 4 heteroatoms. The Morgan fingerprint density at radius 1 is 1.03 bits per heavy atom. The summed E-state index contributed by atoms with van der Waals surface area (Å²) in [6.07, 6.45) is 3.51. The second kappa shape index (κ2) is 8.27. The number of aryl methyl sites for hydroxylation is 1. The zero-order chi connectivity index (χ0) is 20.5. The highest BCUT2D eigenvalue weighted by Crippen LogP contribution is 2.40. The van der Waals surface area contributed by atoms with Crippen molar-refractivity contribution in [2.24, 2.45) is 0 Å². The second-order valence-corrected chi connectivity index (χ2v) is 8.52. The van der Waals surface area contributed by atoms with E-state index >= 15 is 0 Å². The molecule has 2 heterocycles. The van der Waals surface area contributed by atoms with E-state index in [0.29, 0.717) is 5.92 Å². The third-order valence-corrected chi connectivity index (χ3v) is 6.88. The van der Waals surface area contributed by atoms with Gasteiger partial charge < -0.3 is 14.5 Å². The van der Waals surface area contributed by atoms with Gasteiger partial charge in [0.1, 0.15) is 11.6 Å². The molecular weight excluding hydrogens is 370 g/mol. The smallest absolute Gasteiger partial charge is 0.136 e. The van der Waals surface area contributed by atoms with Crippen molar-refractivity contribution in [2.45, 2.75) is 32.1 Å². The molecule has 0 bridgehead atoms. The lowest BCUT2D eigenvalue weighted by molar-refractivity contribution is 0.270. The number of hydrogen-bond donors (Lipinski definition) is 0. The fourth-order valence-corrected chi connectivity index (χ4v) is 5.11. The van der Waals surface area contributed by atoms with Gasteiger partial charge in [-0.05, 0) is 60.5 Å². The molecule has 1 aromatic heterocycles. The number of pyridine rings is 1. The molecule has 0 saturated carbocycles. The molecule has 1 saturated heterocycles. The molecule has 1 fully saturated rings. The van der Waals surface area contributed by atoms with E-state index in [0.717, 1.165) is 57.1 Å². The molecule has 0 amide bonds. The minimum atomic E-state index is 0.337. The summed E-state index contributed by atoms with van der Waals surface area (Å²) in [6, 6.07) is 17.6. The van der Waals surface area contributed by atoms with Gasteiger partial charge >= 0.3 is 0 Å². The van der Waals surface area contributed by atoms with Crippen LogP contribution in [0.25, 0.3) is 10.8 Å². The standard InChI is InChI=1S/C26H31N3O/c1-3-28-13-15-29(16-14-28)26-22-9-5-4-7-20(22)17-25(27-26)23-10-6-8-19-11-12-21(30-2)18-24(19)23/h4-5,7,9,11-12,17-18,23H,3,6,8,10,13-16H2,1-2H3. The summed E-state index contributed by atoms with van der Waals surface area (Å²) in [5.74, 6) is 2.44. The van der Waals surface area contributed by atoms with Crippen molar-refractivity contribution in [1.82, 2.24) is 9.88 Å². The minimum Gasteiger partial charge on any atom is -0.497 e. The first-order valence-corrected chi connectivity index (χ1v) is 11.3. The molecule has 1 aliphatic carbocycles. The van der Waals surface area contributed by atoms with Crippen LogP contribution in [0.1, 0.15) is 42.5 Å². The molecule has 1 aliphatic heterocycles. The van der Waals surface area contributed by atoms with E-state index in [-0.39, 0.29) is 0 Å². The molecule has 1 unspecified atom stereocenters. The SMILES string of the molecule is CCN1CCN(c2nc(C3CCCc4ccc(OC)cc43)cc3ccccc23)CC1. The molecule has 4 nitrogen and oxygen atoms in total. The Balaban J connectivity index is 1.58. The van der Waals surface area contributed by atoms with Crippen LogP contribution in [-0.2, 0) is 6.42 Å². The normalized spacial score (nSPS) is 19.7. The van der Waals surface area contributed by atoms with Crippen LogP contribution < -0.4 is 9.64 Å². The maximum Gasteiger partial charge on any atom is 0.136 e. The topological polar surface area (TPSA) is 28.6 Å². The number of hydrogen-bond acceptors (Lipinski definition) is 4. The van der Waals surface area contributed by atoms with E-state index in [1.807, 2.05) is 0 Å². The number of aromatic nitrogens is 1. The van der Waals surface area contributed by atoms with E-state index in [9.17, 15) is 0 Å². The molecule has 0 spiro atoms. The van der Waals surface area contributed by atoms with Crippen LogP contribution in [0.2, 0.25) is 0 Å². The average molecular weight is 402 g/mol. The van der Waals surface area contributed by atoms with E-state index in [2.05, 4.69) is 65.3 Å². The molecule has 2 aromatic carbocycles. The molecular formula is C26H31N3O. The van der Waals surface area contributed by atoms with Gasteiger partial charge in [-0.15, -0.1) is 0 Å². The number of ether oxygens (including phenoxy) is 1. The van der Waals surface area contributed by atoms with Gasteiger partial charge in [0.2, 0.25) is 0 Å². The Hall–Kier alpha value is -2.59. The largest absolute Gasteiger partial charge is 0.497 e. The Kier molecular flexibility index (Phi) is 5.34. The van der Waals surface area contributed by atoms with Crippen molar-refractivity contribution in [3.8, 4) is 5.75 Å². The summed E-state index contributed by atoms with van der Waals surface area (Å²) in [5, 5.41) is 2.57. The van der Waals surface area contributed by atoms with Gasteiger partial charge in [-0.1, -0.05) is 37.3 Å². The summed E-state index contributed by atoms with van der Waals surface area (Å²) >= 11 is 0. The highest BCUT2D eigenvalue weighted by atomic mass is 16.5. The molecule has 3 aromatic rings. The predicted octanol–water partition coefficient (Wildman–Crippen LogP) is 4.85. The van der Waals surface area contributed by atoms with Crippen molar-refractivity contribution in [2.75, 3.05) is 44.7 Å². The number of benzene rings is 2. The highest BCUT2D eigenvalue weighted by molar-refractivity contribution is 5.92. The van der Waals surface area contributed by atoms with E-state index < -0.39 is 0 Å². The lowest BCUT2D eigenvalue weighted by Gasteiger charge is -2.36. The number of nitrogens with zero attached hydrogens (tertiary/aromatic N) is 3. The minimum absolute atomic E-state index is 0.337. The van der Waals surface area contributed by atoms with Crippen LogP contribution in [0.5, 0.6) is 5.75 Å². The number of piperazine rings is 1. The number of likely N-dealkylation sites (N-methyl/N-ethyl adjacent to an activating group) is 1. The molecule has 30 heavy (non-hydrogen) atoms. The van der Waals surface area contributed by atoms with Crippen molar-refractivity contribution in [3.05, 3.63) is 65.4 Å². The van der Waals surface area contributed by atoms with E-state index in [1.165, 1.54) is 34.0 Å². The molecule has 156 valence electrons. The Morgan fingerprint density at radius 3 is 2.67 bits per heavy atom. The molecule has 2 aliphatic rings. The van der Waals surface area contributed by atoms with Crippen LogP contribution in [0.4, 0.5) is 5.82 Å². The number of rotatable bonds is 4. The van der Waals surface area contributed by atoms with Crippen LogP contribution in [-0.4, -0.2) is 49.7 Å². The molecule has 0 N–H and O–H groups in total. The zero-order valence-electron chi connectivity index (χ0n) is 18.1. The Morgan fingerprint density at radius 2 is 1.87 bits per heavy atom. The zero-order valence-corrected chi connectivity index (χ0v) is 18.1. The third-order valence-electron chi connectivity index (χ3n) is 6.88. The predicted molar refractivity (Wildman–Crippen MR) is 124 cm³/mol. The first-order chi connectivity index (χ1) is 14.8. The second-order valence-electron chi connectivity index (χ2n) is 8.52. The van der Waals surface area contributed by atoms with Crippen molar-refractivity contribution in [1.29, 1.82) is 0 Å². The highest BCUT2D eigenvalue weighted by Gasteiger charge is 2.26. The Labute approximate surface area is 179 Å². The monoisotopic (exact) mass is 401 g/mol. The number of methoxy groups -OCH3 is 1. The first kappa shape index (κ1) is 19.4. The van der Waals surface area contributed by atoms with Crippen LogP contribution in [0, 0.1) is 0 Å². The van der Waals surface area contributed by atoms with Crippen molar-refractivity contribution >= 4 is 16.6 Å². The number of fused-ring (bicyclic) bond motifs is 2. The molecule has 1 atom stereocenters. The Bertz CT molecular complexity index is 1040. The van der Waals surface area contributed by atoms with Crippen LogP contribution in [0.3, 0.4) is 0 Å². The summed E-state index contributed by atoms with van der Waals surface area (Å²) in [4.78, 5) is 10.3. The van der Waals surface area contributed by atoms with Gasteiger partial charge in [0.15, 0.2) is 0 Å². The fourth-order valence-electron chi connectivity index (χ4n) is 5.11. The van der Waals surface area contributed by atoms with Gasteiger partial charge in [0.25, 0.3) is 0 Å². The first-order valence-electron chi connectivity index (χ1n) is 11.3. The van der Waals surface area contributed by atoms with Crippen molar-refractivity contribution < 1.29 is 4.74 Å². The maximum atomic E-state index is 5.54. The lowest BCUT2D eigenvalue weighted by atomic mass is 9.80. The van der Waals surface area contributed by atoms with Crippen molar-refractivity contribution in [3.63, 3.8) is 0 Å². The van der Waals surface area contributed by atoms with Gasteiger partial charge in [-0.2, -0.15) is 0 Å². The van der Waals surface area contributed by atoms with Crippen LogP contribution in [0.15, 0.2) is 48.5 Å². The maximum absolute atomic E-state index is 5.54. The summed E-state index contributed by atoms with van der Waals surface area (Å²) in [6.45, 7) is 7.69. The summed E-state index contributed by atoms with van der Waals surface area (Å²) < 4.78 is 5.54. The average Bonchev–Trinajstić information content (AvgIpc) is 2.82. The lowest BCUT2D eigenvalue weighted by Crippen LogP contribution is -2.46. The van der Waals surface area contributed by atoms with E-state index in [4.69, 9.17) is 9.72 Å². The molecule has 0 radical (unpaired) electrons. The van der Waals surface area contributed by atoms with Crippen LogP contribution >= 0.6 is 0 Å². The van der Waals surface area contributed by atoms with Gasteiger partial charge in [0.05, 0.1) is 12.8 Å².